The average molecular weight is 655 g/mol. The number of carbonyl (C=O) groups is 4. The first-order valence-corrected chi connectivity index (χ1v) is 18.0. The maximum absolute atomic E-state index is 12.5. The van der Waals surface area contributed by atoms with Crippen molar-refractivity contribution in [2.75, 3.05) is 19.7 Å². The molecule has 0 unspecified atom stereocenters. The molecule has 4 amide bonds. The number of nitrogens with one attached hydrogen (secondary N) is 4. The Hall–Kier alpha value is -4.70. The van der Waals surface area contributed by atoms with Gasteiger partial charge in [-0.15, -0.1) is 0 Å². The van der Waals surface area contributed by atoms with Crippen LogP contribution in [-0.2, 0) is 22.7 Å². The summed E-state index contributed by atoms with van der Waals surface area (Å²) in [6.45, 7) is 0.200. The van der Waals surface area contributed by atoms with E-state index in [0.717, 1.165) is 11.1 Å². The van der Waals surface area contributed by atoms with Crippen molar-refractivity contribution in [3.63, 3.8) is 0 Å². The van der Waals surface area contributed by atoms with E-state index >= 15 is 0 Å². The molecule has 0 saturated carbocycles. The van der Waals surface area contributed by atoms with E-state index in [1.807, 2.05) is 18.2 Å². The van der Waals surface area contributed by atoms with Crippen LogP contribution in [0.3, 0.4) is 0 Å². The van der Waals surface area contributed by atoms with Crippen molar-refractivity contribution in [3.05, 3.63) is 89.5 Å². The number of phenolic OH excluding ortho intramolecular Hbond substituents is 1. The molecule has 228 valence electrons. The number of alkyl carbamates (subject to hydrolysis) is 1. The summed E-state index contributed by atoms with van der Waals surface area (Å²) >= 11 is -0.921. The molecule has 6 N–H and O–H groups in total. The first-order valence-electron chi connectivity index (χ1n) is 13.3. The minimum absolute atomic E-state index is 0.0501. The second-order valence-electron chi connectivity index (χ2n) is 9.50. The molecule has 0 aliphatic carbocycles. The van der Waals surface area contributed by atoms with Crippen LogP contribution < -0.4 is 30.4 Å². The maximum atomic E-state index is 12.5. The molecule has 1 atom stereocenters. The number of phenols is 1. The molecule has 43 heavy (non-hydrogen) atoms. The molecule has 12 nitrogen and oxygen atoms in total. The minimum atomic E-state index is -1.46. The van der Waals surface area contributed by atoms with Gasteiger partial charge in [0, 0.05) is 12.6 Å². The second kappa shape index (κ2) is 16.7. The van der Waals surface area contributed by atoms with Gasteiger partial charge >= 0.3 is 124 Å². The van der Waals surface area contributed by atoms with Crippen molar-refractivity contribution in [1.29, 1.82) is 0 Å². The molecule has 0 aromatic heterocycles. The summed E-state index contributed by atoms with van der Waals surface area (Å²) in [4.78, 5) is 48.2. The molecule has 3 rings (SSSR count). The summed E-state index contributed by atoms with van der Waals surface area (Å²) in [5, 5.41) is 29.7. The van der Waals surface area contributed by atoms with E-state index in [1.165, 1.54) is 22.6 Å². The van der Waals surface area contributed by atoms with Crippen LogP contribution >= 0.6 is 0 Å². The van der Waals surface area contributed by atoms with Crippen LogP contribution in [0.5, 0.6) is 11.5 Å². The Kier molecular flexibility index (Phi) is 12.7. The van der Waals surface area contributed by atoms with E-state index < -0.39 is 51.0 Å². The molecule has 3 aromatic rings. The predicted molar refractivity (Wildman–Crippen MR) is 161 cm³/mol. The number of ether oxygens (including phenoxy) is 2. The van der Waals surface area contributed by atoms with Gasteiger partial charge in [-0.05, 0) is 17.7 Å². The monoisotopic (exact) mass is 654 g/mol. The van der Waals surface area contributed by atoms with Gasteiger partial charge in [0.05, 0.1) is 5.56 Å². The summed E-state index contributed by atoms with van der Waals surface area (Å²) < 4.78 is 11.9. The van der Waals surface area contributed by atoms with E-state index in [-0.39, 0.29) is 37.1 Å². The van der Waals surface area contributed by atoms with Crippen LogP contribution in [0.2, 0.25) is 11.4 Å². The fourth-order valence-corrected chi connectivity index (χ4v) is 5.24. The van der Waals surface area contributed by atoms with Gasteiger partial charge in [0.25, 0.3) is 5.91 Å². The summed E-state index contributed by atoms with van der Waals surface area (Å²) in [7, 11) is 0. The SMILES string of the molecule is C[As](C)c1ccc(CNC(=O)NCCOc2ccc(C(=O)NC[C@H](NC(=O)OCc3ccccc3)C(=O)O)c(O)c2)cc1. The van der Waals surface area contributed by atoms with Crippen molar-refractivity contribution in [2.45, 2.75) is 30.6 Å². The van der Waals surface area contributed by atoms with E-state index in [4.69, 9.17) is 9.47 Å². The van der Waals surface area contributed by atoms with E-state index in [9.17, 15) is 29.4 Å². The van der Waals surface area contributed by atoms with Gasteiger partial charge in [-0.25, -0.2) is 9.59 Å². The predicted octanol–water partition coefficient (Wildman–Crippen LogP) is 2.34. The second-order valence-corrected chi connectivity index (χ2v) is 14.3. The van der Waals surface area contributed by atoms with Crippen molar-refractivity contribution in [1.82, 2.24) is 21.3 Å². The number of rotatable bonds is 14. The van der Waals surface area contributed by atoms with Crippen LogP contribution in [0.4, 0.5) is 9.59 Å². The van der Waals surface area contributed by atoms with E-state index in [0.29, 0.717) is 6.54 Å². The molecule has 0 bridgehead atoms. The molecule has 13 heteroatoms. The quantitative estimate of drug-likeness (QED) is 0.113. The number of aromatic hydroxyl groups is 1. The van der Waals surface area contributed by atoms with E-state index in [1.54, 1.807) is 24.3 Å². The van der Waals surface area contributed by atoms with Crippen LogP contribution in [0, 0.1) is 0 Å². The number of urea groups is 1. The topological polar surface area (TPSA) is 175 Å². The first-order chi connectivity index (χ1) is 20.6. The Labute approximate surface area is 254 Å². The van der Waals surface area contributed by atoms with Crippen LogP contribution in [0.25, 0.3) is 0 Å². The van der Waals surface area contributed by atoms with Crippen molar-refractivity contribution >= 4 is 43.0 Å². The molecule has 0 aliphatic rings. The van der Waals surface area contributed by atoms with Crippen molar-refractivity contribution in [2.24, 2.45) is 0 Å². The third-order valence-corrected chi connectivity index (χ3v) is 8.84. The number of carboxylic acid groups (broad SMARTS) is 1. The number of carboxylic acids is 1. The Balaban J connectivity index is 1.38. The summed E-state index contributed by atoms with van der Waals surface area (Å²) in [5.41, 5.74) is 6.13. The zero-order valence-corrected chi connectivity index (χ0v) is 25.7. The van der Waals surface area contributed by atoms with Crippen molar-refractivity contribution in [3.8, 4) is 11.5 Å². The van der Waals surface area contributed by atoms with Gasteiger partial charge in [0.1, 0.15) is 18.4 Å². The van der Waals surface area contributed by atoms with Gasteiger partial charge in [0.2, 0.25) is 0 Å². The number of hydrogen-bond acceptors (Lipinski definition) is 7. The zero-order valence-electron chi connectivity index (χ0n) is 23.8. The third-order valence-electron chi connectivity index (χ3n) is 6.05. The average Bonchev–Trinajstić information content (AvgIpc) is 2.99. The Morgan fingerprint density at radius 3 is 2.26 bits per heavy atom. The molecule has 3 aromatic carbocycles. The van der Waals surface area contributed by atoms with E-state index in [2.05, 4.69) is 44.8 Å². The van der Waals surface area contributed by atoms with Crippen LogP contribution in [-0.4, -0.2) is 74.6 Å². The number of aliphatic carboxylic acids is 1. The molecule has 0 radical (unpaired) electrons. The molecule has 0 aliphatic heterocycles. The Bertz CT molecular complexity index is 1390. The standard InChI is InChI=1S/C30H35AsN4O8/c1-31(2)22-10-8-20(9-11-22)17-34-29(40)32-14-15-42-23-12-13-24(26(36)16-23)27(37)33-18-25(28(38)39)35-30(41)43-19-21-6-4-3-5-7-21/h3-13,16,25,36H,14-15,17-19H2,1-2H3,(H,33,37)(H,35,41)(H,38,39)(H2,32,34,40)/t25-/m0/s1. The number of carbonyl (C=O) groups excluding carboxylic acids is 3. The summed E-state index contributed by atoms with van der Waals surface area (Å²) in [5.74, 6) is -2.27. The van der Waals surface area contributed by atoms with Gasteiger partial charge < -0.3 is 25.6 Å². The summed E-state index contributed by atoms with van der Waals surface area (Å²) in [6.07, 6.45) is -0.959. The Morgan fingerprint density at radius 2 is 1.60 bits per heavy atom. The van der Waals surface area contributed by atoms with Gasteiger partial charge in [-0.2, -0.15) is 0 Å². The molecule has 0 fully saturated rings. The molecular weight excluding hydrogens is 619 g/mol. The van der Waals surface area contributed by atoms with Gasteiger partial charge in [-0.1, -0.05) is 30.3 Å². The van der Waals surface area contributed by atoms with Gasteiger partial charge in [-0.3, -0.25) is 4.79 Å². The zero-order chi connectivity index (χ0) is 31.2. The fraction of sp³-hybridized carbons (Fsp3) is 0.267. The molecule has 0 saturated heterocycles. The van der Waals surface area contributed by atoms with Crippen molar-refractivity contribution < 1.29 is 38.9 Å². The number of benzene rings is 3. The molecule has 0 heterocycles. The Morgan fingerprint density at radius 1 is 0.884 bits per heavy atom. The number of hydrogen-bond donors (Lipinski definition) is 6. The number of amides is 4. The fourth-order valence-electron chi connectivity index (χ4n) is 3.68. The van der Waals surface area contributed by atoms with Crippen LogP contribution in [0.1, 0.15) is 21.5 Å². The van der Waals surface area contributed by atoms with Crippen LogP contribution in [0.15, 0.2) is 72.8 Å². The molecular formula is C30H35AsN4O8. The first kappa shape index (κ1) is 32.8. The summed E-state index contributed by atoms with van der Waals surface area (Å²) in [6, 6.07) is 19.2. The van der Waals surface area contributed by atoms with Gasteiger partial charge in [0.15, 0.2) is 0 Å². The normalized spacial score (nSPS) is 11.2. The third kappa shape index (κ3) is 11.2. The molecule has 0 spiro atoms.